The zero-order valence-corrected chi connectivity index (χ0v) is 11.7. The standard InChI is InChI=1S/C11H16N3O3P/c1-13(2)18(15,14(3)4)17-11-9-7-5-6-8-10(9)16-12-11/h5-8H,1-4H3. The van der Waals surface area contributed by atoms with Crippen LogP contribution in [0.4, 0.5) is 0 Å². The largest absolute Gasteiger partial charge is 0.399 e. The van der Waals surface area contributed by atoms with Gasteiger partial charge in [0.2, 0.25) is 0 Å². The number of nitrogens with zero attached hydrogens (tertiary/aromatic N) is 3. The molecule has 0 aliphatic rings. The summed E-state index contributed by atoms with van der Waals surface area (Å²) < 4.78 is 26.4. The Labute approximate surface area is 106 Å². The van der Waals surface area contributed by atoms with Crippen molar-refractivity contribution in [2.45, 2.75) is 0 Å². The van der Waals surface area contributed by atoms with Gasteiger partial charge in [-0.25, -0.2) is 13.9 Å². The first-order chi connectivity index (χ1) is 8.45. The third kappa shape index (κ3) is 2.14. The molecular formula is C11H16N3O3P. The van der Waals surface area contributed by atoms with E-state index in [9.17, 15) is 4.57 Å². The van der Waals surface area contributed by atoms with Crippen molar-refractivity contribution in [2.24, 2.45) is 0 Å². The topological polar surface area (TPSA) is 58.8 Å². The highest BCUT2D eigenvalue weighted by Crippen LogP contribution is 2.51. The molecule has 7 heteroatoms. The van der Waals surface area contributed by atoms with Gasteiger partial charge in [-0.15, -0.1) is 0 Å². The predicted molar refractivity (Wildman–Crippen MR) is 69.6 cm³/mol. The highest BCUT2D eigenvalue weighted by molar-refractivity contribution is 7.54. The van der Waals surface area contributed by atoms with E-state index in [-0.39, 0.29) is 5.88 Å². The van der Waals surface area contributed by atoms with E-state index in [0.717, 1.165) is 0 Å². The van der Waals surface area contributed by atoms with Crippen molar-refractivity contribution in [2.75, 3.05) is 28.2 Å². The van der Waals surface area contributed by atoms with E-state index in [0.29, 0.717) is 11.0 Å². The lowest BCUT2D eigenvalue weighted by Gasteiger charge is -2.28. The molecule has 0 bridgehead atoms. The molecule has 1 aromatic carbocycles. The van der Waals surface area contributed by atoms with Crippen molar-refractivity contribution in [3.05, 3.63) is 24.3 Å². The summed E-state index contributed by atoms with van der Waals surface area (Å²) in [6.45, 7) is 0. The average Bonchev–Trinajstić information content (AvgIpc) is 2.72. The van der Waals surface area contributed by atoms with Crippen LogP contribution in [0.5, 0.6) is 5.88 Å². The minimum Gasteiger partial charge on any atom is -0.399 e. The van der Waals surface area contributed by atoms with Gasteiger partial charge in [0.25, 0.3) is 5.88 Å². The highest BCUT2D eigenvalue weighted by atomic mass is 31.2. The Kier molecular flexibility index (Phi) is 3.43. The molecule has 0 spiro atoms. The summed E-state index contributed by atoms with van der Waals surface area (Å²) in [6, 6.07) is 7.29. The summed E-state index contributed by atoms with van der Waals surface area (Å²) in [5.74, 6) is 0.247. The normalized spacial score (nSPS) is 12.6. The Morgan fingerprint density at radius 1 is 1.17 bits per heavy atom. The second-order valence-corrected chi connectivity index (χ2v) is 7.02. The fourth-order valence-corrected chi connectivity index (χ4v) is 2.96. The van der Waals surface area contributed by atoms with E-state index < -0.39 is 7.67 Å². The molecule has 2 aromatic rings. The Balaban J connectivity index is 2.41. The molecule has 0 unspecified atom stereocenters. The lowest BCUT2D eigenvalue weighted by atomic mass is 10.3. The molecule has 0 radical (unpaired) electrons. The van der Waals surface area contributed by atoms with Gasteiger partial charge < -0.3 is 9.05 Å². The van der Waals surface area contributed by atoms with Crippen molar-refractivity contribution in [3.8, 4) is 5.88 Å². The second kappa shape index (κ2) is 4.72. The Morgan fingerprint density at radius 2 is 1.78 bits per heavy atom. The maximum absolute atomic E-state index is 12.7. The van der Waals surface area contributed by atoms with Crippen molar-refractivity contribution in [1.82, 2.24) is 14.5 Å². The zero-order chi connectivity index (χ0) is 13.3. The molecule has 0 N–H and O–H groups in total. The lowest BCUT2D eigenvalue weighted by molar-refractivity contribution is 0.334. The molecule has 6 nitrogen and oxygen atoms in total. The quantitative estimate of drug-likeness (QED) is 0.794. The molecule has 1 heterocycles. The maximum Gasteiger partial charge on any atom is 0.396 e. The first-order valence-electron chi connectivity index (χ1n) is 5.45. The Morgan fingerprint density at radius 3 is 2.39 bits per heavy atom. The van der Waals surface area contributed by atoms with Crippen LogP contribution < -0.4 is 4.52 Å². The van der Waals surface area contributed by atoms with Crippen LogP contribution >= 0.6 is 7.67 Å². The summed E-state index contributed by atoms with van der Waals surface area (Å²) in [4.78, 5) is 0. The van der Waals surface area contributed by atoms with Crippen LogP contribution in [0.1, 0.15) is 0 Å². The fraction of sp³-hybridized carbons (Fsp3) is 0.364. The first kappa shape index (κ1) is 13.1. The Bertz CT molecular complexity index is 582. The highest BCUT2D eigenvalue weighted by Gasteiger charge is 2.33. The van der Waals surface area contributed by atoms with Crippen molar-refractivity contribution in [1.29, 1.82) is 0 Å². The van der Waals surface area contributed by atoms with Crippen molar-refractivity contribution < 1.29 is 13.6 Å². The van der Waals surface area contributed by atoms with E-state index in [1.54, 1.807) is 34.3 Å². The molecular weight excluding hydrogens is 253 g/mol. The van der Waals surface area contributed by atoms with Crippen LogP contribution in [0, 0.1) is 0 Å². The molecule has 18 heavy (non-hydrogen) atoms. The minimum atomic E-state index is -3.11. The lowest BCUT2D eigenvalue weighted by Crippen LogP contribution is -2.24. The summed E-state index contributed by atoms with van der Waals surface area (Å²) in [5.41, 5.74) is 0.608. The van der Waals surface area contributed by atoms with E-state index in [1.165, 1.54) is 9.34 Å². The van der Waals surface area contributed by atoms with Gasteiger partial charge in [-0.2, -0.15) is 0 Å². The third-order valence-electron chi connectivity index (χ3n) is 2.56. The summed E-state index contributed by atoms with van der Waals surface area (Å²) in [6.07, 6.45) is 0. The smallest absolute Gasteiger partial charge is 0.396 e. The van der Waals surface area contributed by atoms with Crippen LogP contribution in [-0.2, 0) is 4.57 Å². The molecule has 98 valence electrons. The number of hydrogen-bond acceptors (Lipinski definition) is 4. The predicted octanol–water partition coefficient (Wildman–Crippen LogP) is 2.44. The molecule has 0 fully saturated rings. The van der Waals surface area contributed by atoms with Crippen LogP contribution in [-0.4, -0.2) is 42.7 Å². The van der Waals surface area contributed by atoms with Gasteiger partial charge in [-0.1, -0.05) is 12.1 Å². The monoisotopic (exact) mass is 269 g/mol. The number of fused-ring (bicyclic) bond motifs is 1. The van der Waals surface area contributed by atoms with Crippen LogP contribution in [0.15, 0.2) is 28.8 Å². The Hall–Kier alpha value is -1.36. The van der Waals surface area contributed by atoms with E-state index >= 15 is 0 Å². The number of aromatic nitrogens is 1. The first-order valence-corrected chi connectivity index (χ1v) is 6.98. The second-order valence-electron chi connectivity index (χ2n) is 4.26. The maximum atomic E-state index is 12.7. The molecule has 0 saturated carbocycles. The average molecular weight is 269 g/mol. The number of benzene rings is 1. The molecule has 2 rings (SSSR count). The third-order valence-corrected chi connectivity index (χ3v) is 4.99. The molecule has 0 aliphatic heterocycles. The van der Waals surface area contributed by atoms with E-state index in [4.69, 9.17) is 9.05 Å². The van der Waals surface area contributed by atoms with Gasteiger partial charge in [0.1, 0.15) is 0 Å². The SMILES string of the molecule is CN(C)P(=O)(Oc1noc2ccccc12)N(C)C. The summed E-state index contributed by atoms with van der Waals surface area (Å²) in [5, 5.41) is 4.53. The van der Waals surface area contributed by atoms with Crippen molar-refractivity contribution in [3.63, 3.8) is 0 Å². The molecule has 1 aromatic heterocycles. The molecule has 0 saturated heterocycles. The fourth-order valence-electron chi connectivity index (χ4n) is 1.56. The van der Waals surface area contributed by atoms with Gasteiger partial charge in [-0.05, 0) is 45.5 Å². The van der Waals surface area contributed by atoms with Gasteiger partial charge in [0, 0.05) is 0 Å². The van der Waals surface area contributed by atoms with Gasteiger partial charge >= 0.3 is 7.67 Å². The van der Waals surface area contributed by atoms with Gasteiger partial charge in [0.15, 0.2) is 5.58 Å². The zero-order valence-electron chi connectivity index (χ0n) is 10.8. The van der Waals surface area contributed by atoms with Gasteiger partial charge in [0.05, 0.1) is 5.39 Å². The number of para-hydroxylation sites is 1. The van der Waals surface area contributed by atoms with E-state index in [1.807, 2.05) is 18.2 Å². The summed E-state index contributed by atoms with van der Waals surface area (Å²) >= 11 is 0. The minimum absolute atomic E-state index is 0.247. The molecule has 0 atom stereocenters. The molecule has 0 amide bonds. The van der Waals surface area contributed by atoms with Crippen LogP contribution in [0.3, 0.4) is 0 Å². The number of rotatable bonds is 4. The molecule has 0 aliphatic carbocycles. The van der Waals surface area contributed by atoms with Crippen LogP contribution in [0.25, 0.3) is 11.0 Å². The van der Waals surface area contributed by atoms with Crippen LogP contribution in [0.2, 0.25) is 0 Å². The number of hydrogen-bond donors (Lipinski definition) is 0. The van der Waals surface area contributed by atoms with E-state index in [2.05, 4.69) is 5.16 Å². The van der Waals surface area contributed by atoms with Gasteiger partial charge in [-0.3, -0.25) is 0 Å². The summed E-state index contributed by atoms with van der Waals surface area (Å²) in [7, 11) is 3.68. The van der Waals surface area contributed by atoms with Crippen molar-refractivity contribution >= 4 is 18.6 Å².